The predicted molar refractivity (Wildman–Crippen MR) is 102 cm³/mol. The summed E-state index contributed by atoms with van der Waals surface area (Å²) in [6, 6.07) is 9.60. The van der Waals surface area contributed by atoms with Gasteiger partial charge in [-0.05, 0) is 31.0 Å². The molecule has 0 unspecified atom stereocenters. The van der Waals surface area contributed by atoms with Crippen molar-refractivity contribution in [1.29, 1.82) is 0 Å². The summed E-state index contributed by atoms with van der Waals surface area (Å²) in [5.41, 5.74) is 2.20. The standard InChI is InChI=1S/C19H21BrN4O2/c20-15-6-4-13(5-7-15)16-12-17(22-21-16)19(26)24-10-8-23(9-11-24)18(25)14-2-1-3-14/h4-7,12,14H,1-3,8-11H2,(H,21,22). The van der Waals surface area contributed by atoms with Gasteiger partial charge < -0.3 is 9.80 Å². The third-order valence-electron chi connectivity index (χ3n) is 5.28. The van der Waals surface area contributed by atoms with E-state index in [0.717, 1.165) is 35.0 Å². The second kappa shape index (κ2) is 7.23. The fourth-order valence-corrected chi connectivity index (χ4v) is 3.68. The number of aromatic amines is 1. The highest BCUT2D eigenvalue weighted by Gasteiger charge is 2.32. The Morgan fingerprint density at radius 2 is 1.69 bits per heavy atom. The summed E-state index contributed by atoms with van der Waals surface area (Å²) in [5, 5.41) is 7.12. The molecule has 2 aliphatic rings. The molecule has 1 aliphatic heterocycles. The summed E-state index contributed by atoms with van der Waals surface area (Å²) in [5.74, 6) is 0.428. The van der Waals surface area contributed by atoms with Crippen molar-refractivity contribution in [2.24, 2.45) is 5.92 Å². The summed E-state index contributed by atoms with van der Waals surface area (Å²) in [4.78, 5) is 28.7. The molecule has 2 amide bonds. The first-order valence-corrected chi connectivity index (χ1v) is 9.80. The Morgan fingerprint density at radius 3 is 2.31 bits per heavy atom. The summed E-state index contributed by atoms with van der Waals surface area (Å²) in [6.45, 7) is 2.39. The maximum atomic E-state index is 12.7. The molecule has 2 fully saturated rings. The zero-order chi connectivity index (χ0) is 18.1. The van der Waals surface area contributed by atoms with Crippen molar-refractivity contribution in [3.8, 4) is 11.3 Å². The monoisotopic (exact) mass is 416 g/mol. The number of benzene rings is 1. The Bertz CT molecular complexity index is 805. The molecule has 0 atom stereocenters. The minimum Gasteiger partial charge on any atom is -0.339 e. The number of nitrogens with zero attached hydrogens (tertiary/aromatic N) is 3. The smallest absolute Gasteiger partial charge is 0.272 e. The summed E-state index contributed by atoms with van der Waals surface area (Å²) >= 11 is 3.41. The van der Waals surface area contributed by atoms with Crippen LogP contribution >= 0.6 is 15.9 Å². The lowest BCUT2D eigenvalue weighted by Crippen LogP contribution is -2.52. The van der Waals surface area contributed by atoms with E-state index in [0.29, 0.717) is 31.9 Å². The van der Waals surface area contributed by atoms with Crippen molar-refractivity contribution in [3.05, 3.63) is 40.5 Å². The lowest BCUT2D eigenvalue weighted by molar-refractivity contribution is -0.139. The van der Waals surface area contributed by atoms with E-state index < -0.39 is 0 Å². The van der Waals surface area contributed by atoms with Gasteiger partial charge in [0.2, 0.25) is 5.91 Å². The fraction of sp³-hybridized carbons (Fsp3) is 0.421. The number of amides is 2. The Morgan fingerprint density at radius 1 is 1.04 bits per heavy atom. The van der Waals surface area contributed by atoms with E-state index in [4.69, 9.17) is 0 Å². The number of carbonyl (C=O) groups excluding carboxylic acids is 2. The number of piperazine rings is 1. The molecule has 0 radical (unpaired) electrons. The summed E-state index contributed by atoms with van der Waals surface area (Å²) in [6.07, 6.45) is 3.20. The van der Waals surface area contributed by atoms with Crippen molar-refractivity contribution < 1.29 is 9.59 Å². The average Bonchev–Trinajstić information content (AvgIpc) is 3.10. The number of halogens is 1. The molecule has 26 heavy (non-hydrogen) atoms. The third kappa shape index (κ3) is 3.40. The Kier molecular flexibility index (Phi) is 4.80. The zero-order valence-electron chi connectivity index (χ0n) is 14.4. The lowest BCUT2D eigenvalue weighted by atomic mass is 9.84. The maximum Gasteiger partial charge on any atom is 0.272 e. The first-order chi connectivity index (χ1) is 12.6. The lowest BCUT2D eigenvalue weighted by Gasteiger charge is -2.38. The van der Waals surface area contributed by atoms with Gasteiger partial charge >= 0.3 is 0 Å². The van der Waals surface area contributed by atoms with E-state index in [1.165, 1.54) is 0 Å². The molecule has 0 spiro atoms. The van der Waals surface area contributed by atoms with Crippen molar-refractivity contribution in [3.63, 3.8) is 0 Å². The number of hydrogen-bond donors (Lipinski definition) is 1. The van der Waals surface area contributed by atoms with Gasteiger partial charge in [0.25, 0.3) is 5.91 Å². The molecular formula is C19H21BrN4O2. The highest BCUT2D eigenvalue weighted by atomic mass is 79.9. The first kappa shape index (κ1) is 17.3. The SMILES string of the molecule is O=C(c1cc(-c2ccc(Br)cc2)n[nH]1)N1CCN(C(=O)C2CCC2)CC1. The van der Waals surface area contributed by atoms with Gasteiger partial charge in [-0.15, -0.1) is 0 Å². The van der Waals surface area contributed by atoms with Crippen molar-refractivity contribution >= 4 is 27.7 Å². The topological polar surface area (TPSA) is 69.3 Å². The Hall–Kier alpha value is -2.15. The molecule has 1 aliphatic carbocycles. The van der Waals surface area contributed by atoms with Crippen LogP contribution in [0, 0.1) is 5.92 Å². The molecule has 1 aromatic heterocycles. The van der Waals surface area contributed by atoms with Gasteiger partial charge in [0.15, 0.2) is 0 Å². The molecule has 6 nitrogen and oxygen atoms in total. The molecule has 1 saturated heterocycles. The number of nitrogens with one attached hydrogen (secondary N) is 1. The van der Waals surface area contributed by atoms with Gasteiger partial charge in [-0.3, -0.25) is 14.7 Å². The van der Waals surface area contributed by atoms with E-state index in [9.17, 15) is 9.59 Å². The van der Waals surface area contributed by atoms with Crippen molar-refractivity contribution in [1.82, 2.24) is 20.0 Å². The highest BCUT2D eigenvalue weighted by molar-refractivity contribution is 9.10. The van der Waals surface area contributed by atoms with Crippen LogP contribution in [-0.2, 0) is 4.79 Å². The van der Waals surface area contributed by atoms with Gasteiger partial charge in [-0.1, -0.05) is 34.5 Å². The van der Waals surface area contributed by atoms with E-state index in [2.05, 4.69) is 26.1 Å². The van der Waals surface area contributed by atoms with Crippen LogP contribution in [0.4, 0.5) is 0 Å². The van der Waals surface area contributed by atoms with Gasteiger partial charge in [0.05, 0.1) is 5.69 Å². The minimum atomic E-state index is -0.0587. The molecule has 1 aromatic carbocycles. The number of rotatable bonds is 3. The number of hydrogen-bond acceptors (Lipinski definition) is 3. The molecule has 136 valence electrons. The van der Waals surface area contributed by atoms with Gasteiger partial charge in [-0.25, -0.2) is 0 Å². The van der Waals surface area contributed by atoms with Gasteiger partial charge in [0.1, 0.15) is 5.69 Å². The highest BCUT2D eigenvalue weighted by Crippen LogP contribution is 2.28. The van der Waals surface area contributed by atoms with Crippen LogP contribution in [0.5, 0.6) is 0 Å². The van der Waals surface area contributed by atoms with Crippen molar-refractivity contribution in [2.45, 2.75) is 19.3 Å². The van der Waals surface area contributed by atoms with Crippen LogP contribution in [-0.4, -0.2) is 58.0 Å². The molecule has 0 bridgehead atoms. The predicted octanol–water partition coefficient (Wildman–Crippen LogP) is 2.92. The third-order valence-corrected chi connectivity index (χ3v) is 5.81. The second-order valence-corrected chi connectivity index (χ2v) is 7.83. The fourth-order valence-electron chi connectivity index (χ4n) is 3.41. The largest absolute Gasteiger partial charge is 0.339 e. The maximum absolute atomic E-state index is 12.7. The zero-order valence-corrected chi connectivity index (χ0v) is 16.0. The number of H-pyrrole nitrogens is 1. The normalized spacial score (nSPS) is 17.9. The quantitative estimate of drug-likeness (QED) is 0.835. The molecule has 2 heterocycles. The van der Waals surface area contributed by atoms with Crippen molar-refractivity contribution in [2.75, 3.05) is 26.2 Å². The van der Waals surface area contributed by atoms with E-state index in [1.807, 2.05) is 29.2 Å². The van der Waals surface area contributed by atoms with Crippen LogP contribution in [0.15, 0.2) is 34.8 Å². The van der Waals surface area contributed by atoms with E-state index in [1.54, 1.807) is 11.0 Å². The molecule has 2 aromatic rings. The average molecular weight is 417 g/mol. The minimum absolute atomic E-state index is 0.0587. The van der Waals surface area contributed by atoms with Crippen LogP contribution in [0.1, 0.15) is 29.8 Å². The van der Waals surface area contributed by atoms with Gasteiger partial charge in [-0.2, -0.15) is 5.10 Å². The van der Waals surface area contributed by atoms with E-state index in [-0.39, 0.29) is 17.7 Å². The van der Waals surface area contributed by atoms with E-state index >= 15 is 0 Å². The Labute approximate surface area is 160 Å². The molecule has 4 rings (SSSR count). The van der Waals surface area contributed by atoms with Crippen LogP contribution in [0.2, 0.25) is 0 Å². The van der Waals surface area contributed by atoms with Crippen LogP contribution in [0.25, 0.3) is 11.3 Å². The Balaban J connectivity index is 1.38. The second-order valence-electron chi connectivity index (χ2n) is 6.92. The van der Waals surface area contributed by atoms with Crippen LogP contribution < -0.4 is 0 Å². The molecule has 1 N–H and O–H groups in total. The molecular weight excluding hydrogens is 396 g/mol. The van der Waals surface area contributed by atoms with Gasteiger partial charge in [0, 0.05) is 42.1 Å². The first-order valence-electron chi connectivity index (χ1n) is 9.01. The summed E-state index contributed by atoms with van der Waals surface area (Å²) in [7, 11) is 0. The number of aromatic nitrogens is 2. The number of carbonyl (C=O) groups is 2. The summed E-state index contributed by atoms with van der Waals surface area (Å²) < 4.78 is 1.00. The molecule has 1 saturated carbocycles. The molecule has 7 heteroatoms. The van der Waals surface area contributed by atoms with Crippen LogP contribution in [0.3, 0.4) is 0 Å².